The van der Waals surface area contributed by atoms with Gasteiger partial charge < -0.3 is 11.1 Å². The molecule has 2 rings (SSSR count). The van der Waals surface area contributed by atoms with Crippen molar-refractivity contribution in [2.75, 3.05) is 17.3 Å². The molecule has 0 aliphatic carbocycles. The van der Waals surface area contributed by atoms with Crippen LogP contribution in [0.5, 0.6) is 0 Å². The molecule has 0 aliphatic heterocycles. The minimum absolute atomic E-state index is 0.0277. The molecule has 0 atom stereocenters. The van der Waals surface area contributed by atoms with Gasteiger partial charge in [0.25, 0.3) is 11.6 Å². The molecule has 0 bridgehead atoms. The molecule has 8 heteroatoms. The van der Waals surface area contributed by atoms with Gasteiger partial charge in [-0.15, -0.1) is 11.8 Å². The number of hydrogen-bond donors (Lipinski definition) is 2. The highest BCUT2D eigenvalue weighted by atomic mass is 32.2. The third kappa shape index (κ3) is 3.29. The first-order valence-electron chi connectivity index (χ1n) is 5.87. The van der Waals surface area contributed by atoms with Gasteiger partial charge in [0.15, 0.2) is 0 Å². The van der Waals surface area contributed by atoms with Gasteiger partial charge in [0.05, 0.1) is 16.2 Å². The van der Waals surface area contributed by atoms with E-state index in [2.05, 4.69) is 10.3 Å². The molecule has 21 heavy (non-hydrogen) atoms. The molecule has 0 saturated heterocycles. The van der Waals surface area contributed by atoms with Crippen molar-refractivity contribution in [2.24, 2.45) is 0 Å². The van der Waals surface area contributed by atoms with Crippen LogP contribution in [-0.4, -0.2) is 22.1 Å². The molecule has 1 heterocycles. The maximum Gasteiger partial charge on any atom is 0.288 e. The maximum atomic E-state index is 12.2. The fraction of sp³-hybridized carbons (Fsp3) is 0.0769. The highest BCUT2D eigenvalue weighted by molar-refractivity contribution is 7.98. The summed E-state index contributed by atoms with van der Waals surface area (Å²) in [5, 5.41) is 13.4. The zero-order valence-corrected chi connectivity index (χ0v) is 11.9. The van der Waals surface area contributed by atoms with Crippen LogP contribution in [0.1, 0.15) is 10.4 Å². The van der Waals surface area contributed by atoms with Crippen LogP contribution in [0.3, 0.4) is 0 Å². The normalized spacial score (nSPS) is 10.1. The number of nitro groups is 1. The van der Waals surface area contributed by atoms with Crippen molar-refractivity contribution in [1.82, 2.24) is 4.98 Å². The summed E-state index contributed by atoms with van der Waals surface area (Å²) in [5.41, 5.74) is 5.91. The first-order valence-corrected chi connectivity index (χ1v) is 7.09. The largest absolute Gasteiger partial charge is 0.383 e. The SMILES string of the molecule is CSc1ccccc1NC(=O)c1cc([N+](=O)[O-])cnc1N. The number of benzene rings is 1. The number of thioether (sulfide) groups is 1. The molecule has 1 aromatic carbocycles. The molecular formula is C13H12N4O3S. The minimum atomic E-state index is -0.626. The molecule has 0 unspecified atom stereocenters. The quantitative estimate of drug-likeness (QED) is 0.510. The van der Waals surface area contributed by atoms with Crippen molar-refractivity contribution < 1.29 is 9.72 Å². The van der Waals surface area contributed by atoms with Crippen molar-refractivity contribution in [3.63, 3.8) is 0 Å². The standard InChI is InChI=1S/C13H12N4O3S/c1-21-11-5-3-2-4-10(11)16-13(18)9-6-8(17(19)20)7-15-12(9)14/h2-7H,1H3,(H2,14,15)(H,16,18). The fourth-order valence-electron chi connectivity index (χ4n) is 1.68. The van der Waals surface area contributed by atoms with Gasteiger partial charge in [-0.1, -0.05) is 12.1 Å². The number of hydrogen-bond acceptors (Lipinski definition) is 6. The number of carbonyl (C=O) groups is 1. The van der Waals surface area contributed by atoms with Crippen LogP contribution in [0.4, 0.5) is 17.2 Å². The predicted molar refractivity (Wildman–Crippen MR) is 81.5 cm³/mol. The molecule has 0 saturated carbocycles. The van der Waals surface area contributed by atoms with E-state index in [4.69, 9.17) is 5.73 Å². The Bertz CT molecular complexity index is 706. The molecule has 1 amide bonds. The topological polar surface area (TPSA) is 111 Å². The summed E-state index contributed by atoms with van der Waals surface area (Å²) in [6.45, 7) is 0. The van der Waals surface area contributed by atoms with E-state index in [-0.39, 0.29) is 17.1 Å². The van der Waals surface area contributed by atoms with Crippen LogP contribution in [-0.2, 0) is 0 Å². The molecule has 1 aromatic heterocycles. The van der Waals surface area contributed by atoms with Crippen molar-refractivity contribution in [2.45, 2.75) is 4.90 Å². The van der Waals surface area contributed by atoms with Gasteiger partial charge in [-0.2, -0.15) is 0 Å². The van der Waals surface area contributed by atoms with Crippen LogP contribution < -0.4 is 11.1 Å². The number of nitrogens with one attached hydrogen (secondary N) is 1. The summed E-state index contributed by atoms with van der Waals surface area (Å²) in [6, 6.07) is 8.34. The average Bonchev–Trinajstić information content (AvgIpc) is 2.47. The van der Waals surface area contributed by atoms with E-state index >= 15 is 0 Å². The molecule has 0 spiro atoms. The second-order valence-corrected chi connectivity index (χ2v) is 4.89. The Kier molecular flexibility index (Phi) is 4.39. The van der Waals surface area contributed by atoms with E-state index in [1.165, 1.54) is 11.8 Å². The lowest BCUT2D eigenvalue weighted by Crippen LogP contribution is -2.15. The highest BCUT2D eigenvalue weighted by Gasteiger charge is 2.17. The van der Waals surface area contributed by atoms with Gasteiger partial charge in [0.2, 0.25) is 0 Å². The third-order valence-electron chi connectivity index (χ3n) is 2.71. The summed E-state index contributed by atoms with van der Waals surface area (Å²) in [6.07, 6.45) is 2.90. The Balaban J connectivity index is 2.32. The lowest BCUT2D eigenvalue weighted by molar-refractivity contribution is -0.385. The van der Waals surface area contributed by atoms with Gasteiger partial charge in [-0.25, -0.2) is 4.98 Å². The van der Waals surface area contributed by atoms with E-state index < -0.39 is 10.8 Å². The zero-order valence-electron chi connectivity index (χ0n) is 11.1. The van der Waals surface area contributed by atoms with Crippen molar-refractivity contribution in [3.05, 3.63) is 52.2 Å². The van der Waals surface area contributed by atoms with Crippen molar-refractivity contribution in [3.8, 4) is 0 Å². The van der Waals surface area contributed by atoms with E-state index in [1.54, 1.807) is 12.1 Å². The van der Waals surface area contributed by atoms with Crippen molar-refractivity contribution in [1.29, 1.82) is 0 Å². The second kappa shape index (κ2) is 6.23. The number of carbonyl (C=O) groups excluding carboxylic acids is 1. The molecular weight excluding hydrogens is 292 g/mol. The lowest BCUT2D eigenvalue weighted by atomic mass is 10.2. The van der Waals surface area contributed by atoms with Gasteiger partial charge in [0, 0.05) is 11.0 Å². The summed E-state index contributed by atoms with van der Waals surface area (Å²) in [7, 11) is 0. The van der Waals surface area contributed by atoms with Gasteiger partial charge in [0.1, 0.15) is 12.0 Å². The molecule has 0 radical (unpaired) electrons. The summed E-state index contributed by atoms with van der Waals surface area (Å²) < 4.78 is 0. The monoisotopic (exact) mass is 304 g/mol. The number of rotatable bonds is 4. The Hall–Kier alpha value is -2.61. The first-order chi connectivity index (χ1) is 10.0. The van der Waals surface area contributed by atoms with Crippen molar-refractivity contribution >= 4 is 34.9 Å². The number of nitrogens with zero attached hydrogens (tertiary/aromatic N) is 2. The Morgan fingerprint density at radius 3 is 2.81 bits per heavy atom. The smallest absolute Gasteiger partial charge is 0.288 e. The molecule has 0 aliphatic rings. The van der Waals surface area contributed by atoms with Crippen LogP contribution >= 0.6 is 11.8 Å². The predicted octanol–water partition coefficient (Wildman–Crippen LogP) is 2.55. The molecule has 7 nitrogen and oxygen atoms in total. The van der Waals surface area contributed by atoms with E-state index in [0.29, 0.717) is 5.69 Å². The van der Waals surface area contributed by atoms with Crippen LogP contribution in [0.15, 0.2) is 41.4 Å². The number of nitrogens with two attached hydrogens (primary N) is 1. The molecule has 2 aromatic rings. The number of anilines is 2. The zero-order chi connectivity index (χ0) is 15.4. The number of aromatic nitrogens is 1. The number of para-hydroxylation sites is 1. The Morgan fingerprint density at radius 2 is 2.14 bits per heavy atom. The van der Waals surface area contributed by atoms with Crippen LogP contribution in [0, 0.1) is 10.1 Å². The average molecular weight is 304 g/mol. The van der Waals surface area contributed by atoms with Gasteiger partial charge >= 0.3 is 0 Å². The molecule has 0 fully saturated rings. The first kappa shape index (κ1) is 14.8. The highest BCUT2D eigenvalue weighted by Crippen LogP contribution is 2.26. The van der Waals surface area contributed by atoms with Crippen LogP contribution in [0.2, 0.25) is 0 Å². The maximum absolute atomic E-state index is 12.2. The molecule has 3 N–H and O–H groups in total. The number of nitrogen functional groups attached to an aromatic ring is 1. The summed E-state index contributed by atoms with van der Waals surface area (Å²) >= 11 is 1.48. The Morgan fingerprint density at radius 1 is 1.43 bits per heavy atom. The van der Waals surface area contributed by atoms with E-state index in [1.807, 2.05) is 18.4 Å². The lowest BCUT2D eigenvalue weighted by Gasteiger charge is -2.10. The summed E-state index contributed by atoms with van der Waals surface area (Å²) in [4.78, 5) is 26.9. The van der Waals surface area contributed by atoms with Gasteiger partial charge in [-0.05, 0) is 18.4 Å². The van der Waals surface area contributed by atoms with E-state index in [0.717, 1.165) is 17.2 Å². The number of amides is 1. The summed E-state index contributed by atoms with van der Waals surface area (Å²) in [5.74, 6) is -0.593. The second-order valence-electron chi connectivity index (χ2n) is 4.04. The molecule has 108 valence electrons. The fourth-order valence-corrected chi connectivity index (χ4v) is 2.24. The minimum Gasteiger partial charge on any atom is -0.383 e. The van der Waals surface area contributed by atoms with Crippen LogP contribution in [0.25, 0.3) is 0 Å². The number of pyridine rings is 1. The van der Waals surface area contributed by atoms with Gasteiger partial charge in [-0.3, -0.25) is 14.9 Å². The third-order valence-corrected chi connectivity index (χ3v) is 3.51. The van der Waals surface area contributed by atoms with E-state index in [9.17, 15) is 14.9 Å². The Labute approximate surface area is 124 Å².